The van der Waals surface area contributed by atoms with Gasteiger partial charge in [-0.1, -0.05) is 44.2 Å². The fourth-order valence-electron chi connectivity index (χ4n) is 2.58. The molecule has 0 saturated carbocycles. The van der Waals surface area contributed by atoms with E-state index in [1.807, 2.05) is 60.7 Å². The van der Waals surface area contributed by atoms with Crippen LogP contribution in [0.25, 0.3) is 11.3 Å². The van der Waals surface area contributed by atoms with Gasteiger partial charge in [-0.2, -0.15) is 4.98 Å². The molecule has 27 heavy (non-hydrogen) atoms. The first-order valence-electron chi connectivity index (χ1n) is 9.07. The van der Waals surface area contributed by atoms with Crippen LogP contribution in [0.4, 0.5) is 17.5 Å². The van der Waals surface area contributed by atoms with Crippen molar-refractivity contribution in [3.63, 3.8) is 0 Å². The zero-order valence-electron chi connectivity index (χ0n) is 15.9. The summed E-state index contributed by atoms with van der Waals surface area (Å²) in [5.41, 5.74) is 3.43. The molecule has 0 radical (unpaired) electrons. The first kappa shape index (κ1) is 18.6. The molecule has 0 saturated heterocycles. The number of carbonyl (C=O) groups excluding carboxylic acids is 1. The van der Waals surface area contributed by atoms with E-state index in [-0.39, 0.29) is 5.78 Å². The molecule has 0 aliphatic carbocycles. The molecule has 5 heteroatoms. The zero-order chi connectivity index (χ0) is 19.2. The monoisotopic (exact) mass is 360 g/mol. The standard InChI is InChI=1S/C22H24N4O/c1-15(2)14-23-22-25-20(18-7-5-4-6-8-18)13-21(26-22)24-19-11-9-17(10-12-19)16(3)27/h4-13,15H,14H2,1-3H3,(H2,23,24,25,26). The highest BCUT2D eigenvalue weighted by molar-refractivity contribution is 5.94. The Morgan fingerprint density at radius 2 is 1.70 bits per heavy atom. The van der Waals surface area contributed by atoms with Crippen LogP contribution in [-0.4, -0.2) is 22.3 Å². The van der Waals surface area contributed by atoms with Crippen molar-refractivity contribution >= 4 is 23.2 Å². The number of ketones is 1. The van der Waals surface area contributed by atoms with E-state index in [0.717, 1.165) is 23.5 Å². The van der Waals surface area contributed by atoms with E-state index in [4.69, 9.17) is 0 Å². The molecule has 2 aromatic carbocycles. The summed E-state index contributed by atoms with van der Waals surface area (Å²) in [6, 6.07) is 19.3. The molecule has 0 amide bonds. The van der Waals surface area contributed by atoms with Gasteiger partial charge in [-0.15, -0.1) is 0 Å². The number of Topliss-reactive ketones (excluding diaryl/α,β-unsaturated/α-hetero) is 1. The molecule has 3 aromatic rings. The van der Waals surface area contributed by atoms with Gasteiger partial charge >= 0.3 is 0 Å². The van der Waals surface area contributed by atoms with Crippen molar-refractivity contribution in [2.24, 2.45) is 5.92 Å². The number of hydrogen-bond donors (Lipinski definition) is 2. The molecule has 5 nitrogen and oxygen atoms in total. The van der Waals surface area contributed by atoms with E-state index < -0.39 is 0 Å². The van der Waals surface area contributed by atoms with E-state index >= 15 is 0 Å². The molecule has 1 heterocycles. The third-order valence-electron chi connectivity index (χ3n) is 4.03. The second-order valence-electron chi connectivity index (χ2n) is 6.86. The molecule has 2 N–H and O–H groups in total. The smallest absolute Gasteiger partial charge is 0.225 e. The summed E-state index contributed by atoms with van der Waals surface area (Å²) in [6.45, 7) is 6.64. The minimum atomic E-state index is 0.0510. The van der Waals surface area contributed by atoms with Crippen molar-refractivity contribution < 1.29 is 4.79 Å². The topological polar surface area (TPSA) is 66.9 Å². The minimum Gasteiger partial charge on any atom is -0.354 e. The maximum Gasteiger partial charge on any atom is 0.225 e. The van der Waals surface area contributed by atoms with Crippen LogP contribution >= 0.6 is 0 Å². The fourth-order valence-corrected chi connectivity index (χ4v) is 2.58. The van der Waals surface area contributed by atoms with Crippen molar-refractivity contribution in [3.05, 3.63) is 66.2 Å². The highest BCUT2D eigenvalue weighted by Gasteiger charge is 2.08. The van der Waals surface area contributed by atoms with Crippen LogP contribution < -0.4 is 10.6 Å². The Morgan fingerprint density at radius 3 is 2.33 bits per heavy atom. The summed E-state index contributed by atoms with van der Waals surface area (Å²) in [5.74, 6) is 1.83. The number of nitrogens with zero attached hydrogens (tertiary/aromatic N) is 2. The fraction of sp³-hybridized carbons (Fsp3) is 0.227. The lowest BCUT2D eigenvalue weighted by Gasteiger charge is -2.13. The van der Waals surface area contributed by atoms with Gasteiger partial charge in [0, 0.05) is 29.4 Å². The highest BCUT2D eigenvalue weighted by Crippen LogP contribution is 2.24. The number of hydrogen-bond acceptors (Lipinski definition) is 5. The van der Waals surface area contributed by atoms with E-state index in [9.17, 15) is 4.79 Å². The van der Waals surface area contributed by atoms with Crippen LogP contribution in [0.5, 0.6) is 0 Å². The van der Waals surface area contributed by atoms with E-state index in [1.54, 1.807) is 6.92 Å². The Balaban J connectivity index is 1.90. The Labute approximate surface area is 159 Å². The van der Waals surface area contributed by atoms with E-state index in [0.29, 0.717) is 23.2 Å². The molecule has 0 aliphatic rings. The molecule has 0 fully saturated rings. The second-order valence-corrected chi connectivity index (χ2v) is 6.86. The normalized spacial score (nSPS) is 10.7. The Hall–Kier alpha value is -3.21. The average Bonchev–Trinajstić information content (AvgIpc) is 2.67. The van der Waals surface area contributed by atoms with Crippen molar-refractivity contribution in [3.8, 4) is 11.3 Å². The predicted molar refractivity (Wildman–Crippen MR) is 111 cm³/mol. The summed E-state index contributed by atoms with van der Waals surface area (Å²) in [6.07, 6.45) is 0. The molecule has 0 aliphatic heterocycles. The third-order valence-corrected chi connectivity index (χ3v) is 4.03. The van der Waals surface area contributed by atoms with Gasteiger partial charge in [-0.3, -0.25) is 4.79 Å². The lowest BCUT2D eigenvalue weighted by molar-refractivity contribution is 0.101. The van der Waals surface area contributed by atoms with Crippen LogP contribution in [-0.2, 0) is 0 Å². The Bertz CT molecular complexity index is 905. The van der Waals surface area contributed by atoms with Gasteiger partial charge in [0.2, 0.25) is 5.95 Å². The van der Waals surface area contributed by atoms with Gasteiger partial charge in [0.15, 0.2) is 5.78 Å². The number of benzene rings is 2. The molecular weight excluding hydrogens is 336 g/mol. The van der Waals surface area contributed by atoms with Crippen LogP contribution in [0.2, 0.25) is 0 Å². The first-order valence-corrected chi connectivity index (χ1v) is 9.07. The van der Waals surface area contributed by atoms with Crippen LogP contribution in [0.3, 0.4) is 0 Å². The van der Waals surface area contributed by atoms with E-state index in [1.165, 1.54) is 0 Å². The zero-order valence-corrected chi connectivity index (χ0v) is 15.9. The molecule has 0 unspecified atom stereocenters. The van der Waals surface area contributed by atoms with Gasteiger partial charge in [-0.05, 0) is 37.1 Å². The van der Waals surface area contributed by atoms with Crippen molar-refractivity contribution in [2.75, 3.05) is 17.2 Å². The van der Waals surface area contributed by atoms with Gasteiger partial charge in [0.1, 0.15) is 5.82 Å². The summed E-state index contributed by atoms with van der Waals surface area (Å²) in [7, 11) is 0. The van der Waals surface area contributed by atoms with Crippen LogP contribution in [0, 0.1) is 5.92 Å². The molecule has 1 aromatic heterocycles. The number of carbonyl (C=O) groups is 1. The lowest BCUT2D eigenvalue weighted by Crippen LogP contribution is -2.11. The molecule has 0 atom stereocenters. The second kappa shape index (κ2) is 8.45. The third kappa shape index (κ3) is 5.14. The number of nitrogens with one attached hydrogen (secondary N) is 2. The van der Waals surface area contributed by atoms with Crippen molar-refractivity contribution in [1.29, 1.82) is 0 Å². The van der Waals surface area contributed by atoms with Crippen LogP contribution in [0.15, 0.2) is 60.7 Å². The largest absolute Gasteiger partial charge is 0.354 e. The molecule has 3 rings (SSSR count). The summed E-state index contributed by atoms with van der Waals surface area (Å²) in [5, 5.41) is 6.60. The summed E-state index contributed by atoms with van der Waals surface area (Å²) < 4.78 is 0. The van der Waals surface area contributed by atoms with E-state index in [2.05, 4.69) is 34.4 Å². The summed E-state index contributed by atoms with van der Waals surface area (Å²) in [4.78, 5) is 20.7. The maximum atomic E-state index is 11.4. The average molecular weight is 360 g/mol. The quantitative estimate of drug-likeness (QED) is 0.570. The predicted octanol–water partition coefficient (Wildman–Crippen LogP) is 5.16. The summed E-state index contributed by atoms with van der Waals surface area (Å²) >= 11 is 0. The van der Waals surface area contributed by atoms with Gasteiger partial charge < -0.3 is 10.6 Å². The molecular formula is C22H24N4O. The van der Waals surface area contributed by atoms with Crippen molar-refractivity contribution in [1.82, 2.24) is 9.97 Å². The number of rotatable bonds is 7. The molecule has 0 bridgehead atoms. The maximum absolute atomic E-state index is 11.4. The highest BCUT2D eigenvalue weighted by atomic mass is 16.1. The Morgan fingerprint density at radius 1 is 1.00 bits per heavy atom. The van der Waals surface area contributed by atoms with Gasteiger partial charge in [-0.25, -0.2) is 4.98 Å². The Kier molecular flexibility index (Phi) is 5.81. The molecule has 138 valence electrons. The lowest BCUT2D eigenvalue weighted by atomic mass is 10.1. The minimum absolute atomic E-state index is 0.0510. The van der Waals surface area contributed by atoms with Crippen molar-refractivity contribution in [2.45, 2.75) is 20.8 Å². The SMILES string of the molecule is CC(=O)c1ccc(Nc2cc(-c3ccccc3)nc(NCC(C)C)n2)cc1. The number of anilines is 3. The first-order chi connectivity index (χ1) is 13.0. The number of aromatic nitrogens is 2. The van der Waals surface area contributed by atoms with Gasteiger partial charge in [0.05, 0.1) is 5.69 Å². The van der Waals surface area contributed by atoms with Crippen LogP contribution in [0.1, 0.15) is 31.1 Å². The molecule has 0 spiro atoms. The van der Waals surface area contributed by atoms with Gasteiger partial charge in [0.25, 0.3) is 0 Å².